The zero-order chi connectivity index (χ0) is 21.0. The van der Waals surface area contributed by atoms with Crippen LogP contribution in [-0.2, 0) is 4.79 Å². The second-order valence-corrected chi connectivity index (χ2v) is 8.25. The molecule has 2 aromatic heterocycles. The second-order valence-electron chi connectivity index (χ2n) is 7.36. The van der Waals surface area contributed by atoms with E-state index in [0.717, 1.165) is 52.3 Å². The number of carbonyl (C=O) groups excluding carboxylic acids is 1. The number of nitrogens with one attached hydrogen (secondary N) is 1. The molecule has 1 aliphatic heterocycles. The van der Waals surface area contributed by atoms with Gasteiger partial charge in [0.2, 0.25) is 0 Å². The van der Waals surface area contributed by atoms with Crippen molar-refractivity contribution in [3.8, 4) is 0 Å². The number of thiophene rings is 1. The first-order chi connectivity index (χ1) is 15.3. The van der Waals surface area contributed by atoms with E-state index in [0.29, 0.717) is 0 Å². The van der Waals surface area contributed by atoms with E-state index in [-0.39, 0.29) is 11.9 Å². The molecule has 1 N–H and O–H groups in total. The Kier molecular flexibility index (Phi) is 5.41. The number of hydrogen-bond acceptors (Lipinski definition) is 6. The molecule has 1 unspecified atom stereocenters. The SMILES string of the molecule is O=C(NN=C(c1ccccc1)c1ccccc1)C1CCCN1c1ncnc2sccc12. The van der Waals surface area contributed by atoms with Crippen molar-refractivity contribution in [2.75, 3.05) is 11.4 Å². The van der Waals surface area contributed by atoms with Gasteiger partial charge in [0, 0.05) is 17.7 Å². The third-order valence-corrected chi connectivity index (χ3v) is 6.26. The summed E-state index contributed by atoms with van der Waals surface area (Å²) in [4.78, 5) is 25.0. The normalized spacial score (nSPS) is 15.7. The number of amides is 1. The number of anilines is 1. The van der Waals surface area contributed by atoms with E-state index in [2.05, 4.69) is 25.4 Å². The summed E-state index contributed by atoms with van der Waals surface area (Å²) < 4.78 is 0. The summed E-state index contributed by atoms with van der Waals surface area (Å²) in [5.41, 5.74) is 5.47. The first kappa shape index (κ1) is 19.4. The molecule has 0 bridgehead atoms. The molecule has 1 amide bonds. The molecule has 6 nitrogen and oxygen atoms in total. The molecule has 7 heteroatoms. The average molecular weight is 428 g/mol. The highest BCUT2D eigenvalue weighted by Crippen LogP contribution is 2.31. The van der Waals surface area contributed by atoms with E-state index in [1.807, 2.05) is 72.1 Å². The quantitative estimate of drug-likeness (QED) is 0.382. The highest BCUT2D eigenvalue weighted by molar-refractivity contribution is 7.16. The van der Waals surface area contributed by atoms with Crippen LogP contribution in [0.2, 0.25) is 0 Å². The van der Waals surface area contributed by atoms with Gasteiger partial charge in [-0.15, -0.1) is 11.3 Å². The number of carbonyl (C=O) groups is 1. The van der Waals surface area contributed by atoms with Crippen LogP contribution in [0.3, 0.4) is 0 Å². The Morgan fingerprint density at radius 1 is 1.00 bits per heavy atom. The summed E-state index contributed by atoms with van der Waals surface area (Å²) >= 11 is 1.58. The Morgan fingerprint density at radius 2 is 1.71 bits per heavy atom. The molecule has 4 aromatic rings. The number of rotatable bonds is 5. The van der Waals surface area contributed by atoms with Crippen molar-refractivity contribution >= 4 is 39.0 Å². The minimum atomic E-state index is -0.311. The summed E-state index contributed by atoms with van der Waals surface area (Å²) in [5, 5.41) is 7.54. The van der Waals surface area contributed by atoms with Gasteiger partial charge in [-0.3, -0.25) is 4.79 Å². The molecular weight excluding hydrogens is 406 g/mol. The Morgan fingerprint density at radius 3 is 2.42 bits per heavy atom. The predicted octanol–water partition coefficient (Wildman–Crippen LogP) is 4.23. The highest BCUT2D eigenvalue weighted by Gasteiger charge is 2.33. The van der Waals surface area contributed by atoms with Crippen LogP contribution >= 0.6 is 11.3 Å². The van der Waals surface area contributed by atoms with Crippen molar-refractivity contribution in [1.82, 2.24) is 15.4 Å². The van der Waals surface area contributed by atoms with Gasteiger partial charge in [0.1, 0.15) is 23.0 Å². The lowest BCUT2D eigenvalue weighted by atomic mass is 10.0. The predicted molar refractivity (Wildman–Crippen MR) is 124 cm³/mol. The molecule has 154 valence electrons. The number of hydrazone groups is 1. The van der Waals surface area contributed by atoms with Crippen molar-refractivity contribution in [1.29, 1.82) is 0 Å². The largest absolute Gasteiger partial charge is 0.344 e. The van der Waals surface area contributed by atoms with Crippen molar-refractivity contribution in [3.05, 3.63) is 89.6 Å². The minimum Gasteiger partial charge on any atom is -0.344 e. The summed E-state index contributed by atoms with van der Waals surface area (Å²) in [6, 6.07) is 21.5. The first-order valence-corrected chi connectivity index (χ1v) is 11.1. The maximum absolute atomic E-state index is 13.2. The zero-order valence-corrected chi connectivity index (χ0v) is 17.6. The van der Waals surface area contributed by atoms with Crippen LogP contribution in [0.4, 0.5) is 5.82 Å². The summed E-state index contributed by atoms with van der Waals surface area (Å²) in [6.45, 7) is 0.786. The standard InChI is InChI=1S/C24H21N5OS/c30-23(20-12-7-14-29(20)22-19-13-15-31-24(19)26-16-25-22)28-27-21(17-8-3-1-4-9-17)18-10-5-2-6-11-18/h1-6,8-11,13,15-16,20H,7,12,14H2,(H,28,30). The maximum atomic E-state index is 13.2. The van der Waals surface area contributed by atoms with Gasteiger partial charge < -0.3 is 4.90 Å². The van der Waals surface area contributed by atoms with Crippen LogP contribution < -0.4 is 10.3 Å². The Bertz CT molecular complexity index is 1180. The fourth-order valence-corrected chi connectivity index (χ4v) is 4.70. The number of hydrogen-bond donors (Lipinski definition) is 1. The van der Waals surface area contributed by atoms with Crippen LogP contribution in [0, 0.1) is 0 Å². The Hall–Kier alpha value is -3.58. The molecule has 1 aliphatic rings. The first-order valence-electron chi connectivity index (χ1n) is 10.2. The van der Waals surface area contributed by atoms with E-state index in [1.54, 1.807) is 17.7 Å². The van der Waals surface area contributed by atoms with Gasteiger partial charge in [-0.1, -0.05) is 60.7 Å². The molecule has 0 radical (unpaired) electrons. The van der Waals surface area contributed by atoms with Crippen molar-refractivity contribution in [2.45, 2.75) is 18.9 Å². The maximum Gasteiger partial charge on any atom is 0.262 e. The molecule has 1 saturated heterocycles. The van der Waals surface area contributed by atoms with Crippen LogP contribution in [0.15, 0.2) is 83.5 Å². The molecule has 0 spiro atoms. The van der Waals surface area contributed by atoms with E-state index >= 15 is 0 Å². The van der Waals surface area contributed by atoms with Gasteiger partial charge >= 0.3 is 0 Å². The average Bonchev–Trinajstić information content (AvgIpc) is 3.50. The van der Waals surface area contributed by atoms with E-state index in [1.165, 1.54) is 0 Å². The number of aromatic nitrogens is 2. The lowest BCUT2D eigenvalue weighted by molar-refractivity contribution is -0.122. The third kappa shape index (κ3) is 3.92. The molecule has 3 heterocycles. The monoisotopic (exact) mass is 427 g/mol. The van der Waals surface area contributed by atoms with Crippen LogP contribution in [0.25, 0.3) is 10.2 Å². The lowest BCUT2D eigenvalue weighted by Gasteiger charge is -2.24. The topological polar surface area (TPSA) is 70.5 Å². The smallest absolute Gasteiger partial charge is 0.262 e. The van der Waals surface area contributed by atoms with Crippen LogP contribution in [-0.4, -0.2) is 34.2 Å². The molecule has 1 fully saturated rings. The van der Waals surface area contributed by atoms with E-state index in [9.17, 15) is 4.79 Å². The van der Waals surface area contributed by atoms with Crippen molar-refractivity contribution in [3.63, 3.8) is 0 Å². The van der Waals surface area contributed by atoms with Crippen LogP contribution in [0.1, 0.15) is 24.0 Å². The van der Waals surface area contributed by atoms with Crippen molar-refractivity contribution < 1.29 is 4.79 Å². The molecule has 2 aromatic carbocycles. The lowest BCUT2D eigenvalue weighted by Crippen LogP contribution is -2.42. The van der Waals surface area contributed by atoms with Gasteiger partial charge in [0.25, 0.3) is 5.91 Å². The fourth-order valence-electron chi connectivity index (χ4n) is 3.97. The van der Waals surface area contributed by atoms with Gasteiger partial charge in [0.05, 0.1) is 11.1 Å². The Balaban J connectivity index is 1.43. The second kappa shape index (κ2) is 8.65. The summed E-state index contributed by atoms with van der Waals surface area (Å²) in [5.74, 6) is 0.697. The summed E-state index contributed by atoms with van der Waals surface area (Å²) in [7, 11) is 0. The number of fused-ring (bicyclic) bond motifs is 1. The van der Waals surface area contributed by atoms with E-state index < -0.39 is 0 Å². The summed E-state index contributed by atoms with van der Waals surface area (Å²) in [6.07, 6.45) is 3.27. The highest BCUT2D eigenvalue weighted by atomic mass is 32.1. The van der Waals surface area contributed by atoms with Gasteiger partial charge in [-0.25, -0.2) is 15.4 Å². The molecule has 31 heavy (non-hydrogen) atoms. The molecule has 0 saturated carbocycles. The minimum absolute atomic E-state index is 0.121. The molecule has 5 rings (SSSR count). The number of benzene rings is 2. The van der Waals surface area contributed by atoms with E-state index in [4.69, 9.17) is 0 Å². The van der Waals surface area contributed by atoms with Gasteiger partial charge in [-0.05, 0) is 24.3 Å². The Labute approximate surface area is 184 Å². The fraction of sp³-hybridized carbons (Fsp3) is 0.167. The molecule has 1 atom stereocenters. The van der Waals surface area contributed by atoms with Gasteiger partial charge in [-0.2, -0.15) is 5.10 Å². The number of nitrogens with zero attached hydrogens (tertiary/aromatic N) is 4. The van der Waals surface area contributed by atoms with Crippen LogP contribution in [0.5, 0.6) is 0 Å². The third-order valence-electron chi connectivity index (χ3n) is 5.44. The molecular formula is C24H21N5OS. The van der Waals surface area contributed by atoms with Gasteiger partial charge in [0.15, 0.2) is 0 Å². The van der Waals surface area contributed by atoms with Crippen molar-refractivity contribution in [2.24, 2.45) is 5.10 Å². The zero-order valence-electron chi connectivity index (χ0n) is 16.8. The molecule has 0 aliphatic carbocycles.